The SMILES string of the molecule is CCCCCNC(C)c1ccc(S(N)(=O)=O)cc1. The molecule has 18 heavy (non-hydrogen) atoms. The van der Waals surface area contributed by atoms with E-state index in [4.69, 9.17) is 5.14 Å². The minimum absolute atomic E-state index is 0.157. The molecule has 0 aliphatic rings. The molecule has 1 atom stereocenters. The molecule has 0 aliphatic carbocycles. The molecular formula is C13H22N2O2S. The van der Waals surface area contributed by atoms with E-state index in [1.165, 1.54) is 12.8 Å². The van der Waals surface area contributed by atoms with Gasteiger partial charge in [-0.2, -0.15) is 0 Å². The number of nitrogens with two attached hydrogens (primary N) is 1. The first-order valence-electron chi connectivity index (χ1n) is 6.31. The van der Waals surface area contributed by atoms with Crippen LogP contribution in [0.3, 0.4) is 0 Å². The van der Waals surface area contributed by atoms with Crippen LogP contribution >= 0.6 is 0 Å². The lowest BCUT2D eigenvalue weighted by molar-refractivity contribution is 0.543. The third-order valence-corrected chi connectivity index (χ3v) is 3.87. The monoisotopic (exact) mass is 270 g/mol. The minimum atomic E-state index is -3.59. The molecule has 1 rings (SSSR count). The Morgan fingerprint density at radius 2 is 1.83 bits per heavy atom. The molecular weight excluding hydrogens is 248 g/mol. The highest BCUT2D eigenvalue weighted by Crippen LogP contribution is 2.15. The lowest BCUT2D eigenvalue weighted by atomic mass is 10.1. The summed E-state index contributed by atoms with van der Waals surface area (Å²) >= 11 is 0. The number of hydrogen-bond donors (Lipinski definition) is 2. The number of unbranched alkanes of at least 4 members (excludes halogenated alkanes) is 2. The van der Waals surface area contributed by atoms with Crippen LogP contribution in [0.25, 0.3) is 0 Å². The molecule has 102 valence electrons. The Hall–Kier alpha value is -0.910. The van der Waals surface area contributed by atoms with E-state index < -0.39 is 10.0 Å². The van der Waals surface area contributed by atoms with Gasteiger partial charge in [0.05, 0.1) is 4.90 Å². The molecule has 0 spiro atoms. The Kier molecular flexibility index (Phi) is 5.78. The molecule has 0 saturated carbocycles. The normalized spacial score (nSPS) is 13.5. The van der Waals surface area contributed by atoms with Crippen molar-refractivity contribution in [3.05, 3.63) is 29.8 Å². The molecule has 0 aromatic heterocycles. The fourth-order valence-corrected chi connectivity index (χ4v) is 2.27. The van der Waals surface area contributed by atoms with Gasteiger partial charge in [-0.1, -0.05) is 31.9 Å². The summed E-state index contributed by atoms with van der Waals surface area (Å²) in [6.45, 7) is 5.22. The van der Waals surface area contributed by atoms with Gasteiger partial charge in [0.2, 0.25) is 10.0 Å². The number of benzene rings is 1. The predicted molar refractivity (Wildman–Crippen MR) is 73.8 cm³/mol. The Bertz CT molecular complexity index is 454. The molecule has 0 fully saturated rings. The Labute approximate surface area is 110 Å². The zero-order chi connectivity index (χ0) is 13.6. The van der Waals surface area contributed by atoms with Gasteiger partial charge in [-0.3, -0.25) is 0 Å². The second-order valence-corrected chi connectivity index (χ2v) is 6.06. The zero-order valence-electron chi connectivity index (χ0n) is 11.0. The van der Waals surface area contributed by atoms with Crippen LogP contribution < -0.4 is 10.5 Å². The van der Waals surface area contributed by atoms with Gasteiger partial charge >= 0.3 is 0 Å². The van der Waals surface area contributed by atoms with Crippen LogP contribution in [0, 0.1) is 0 Å². The van der Waals surface area contributed by atoms with Crippen molar-refractivity contribution in [2.75, 3.05) is 6.54 Å². The molecule has 1 unspecified atom stereocenters. The summed E-state index contributed by atoms with van der Waals surface area (Å²) in [7, 11) is -3.59. The molecule has 0 aliphatic heterocycles. The number of sulfonamides is 1. The number of hydrogen-bond acceptors (Lipinski definition) is 3. The van der Waals surface area contributed by atoms with Crippen LogP contribution in [0.5, 0.6) is 0 Å². The van der Waals surface area contributed by atoms with E-state index in [-0.39, 0.29) is 10.9 Å². The third-order valence-electron chi connectivity index (χ3n) is 2.94. The van der Waals surface area contributed by atoms with E-state index in [0.717, 1.165) is 18.5 Å². The number of nitrogens with one attached hydrogen (secondary N) is 1. The predicted octanol–water partition coefficient (Wildman–Crippen LogP) is 2.17. The summed E-state index contributed by atoms with van der Waals surface area (Å²) in [4.78, 5) is 0.157. The summed E-state index contributed by atoms with van der Waals surface area (Å²) < 4.78 is 22.2. The second-order valence-electron chi connectivity index (χ2n) is 4.50. The van der Waals surface area contributed by atoms with Crippen molar-refractivity contribution in [1.82, 2.24) is 5.32 Å². The average Bonchev–Trinajstić information content (AvgIpc) is 2.33. The van der Waals surface area contributed by atoms with Gasteiger partial charge < -0.3 is 5.32 Å². The standard InChI is InChI=1S/C13H22N2O2S/c1-3-4-5-10-15-11(2)12-6-8-13(9-7-12)18(14,16)17/h6-9,11,15H,3-5,10H2,1-2H3,(H2,14,16,17). The first-order valence-corrected chi connectivity index (χ1v) is 7.86. The quantitative estimate of drug-likeness (QED) is 0.746. The van der Waals surface area contributed by atoms with Crippen molar-refractivity contribution >= 4 is 10.0 Å². The smallest absolute Gasteiger partial charge is 0.238 e. The van der Waals surface area contributed by atoms with Crippen LogP contribution in [0.4, 0.5) is 0 Å². The Morgan fingerprint density at radius 3 is 2.33 bits per heavy atom. The molecule has 1 aromatic rings. The van der Waals surface area contributed by atoms with Crippen LogP contribution in [0.2, 0.25) is 0 Å². The van der Waals surface area contributed by atoms with Gasteiger partial charge in [0, 0.05) is 6.04 Å². The molecule has 0 heterocycles. The van der Waals surface area contributed by atoms with E-state index in [1.54, 1.807) is 24.3 Å². The number of rotatable bonds is 7. The van der Waals surface area contributed by atoms with Gasteiger partial charge in [0.15, 0.2) is 0 Å². The van der Waals surface area contributed by atoms with E-state index in [2.05, 4.69) is 19.2 Å². The molecule has 4 nitrogen and oxygen atoms in total. The van der Waals surface area contributed by atoms with Crippen molar-refractivity contribution in [2.45, 2.75) is 44.0 Å². The maximum Gasteiger partial charge on any atom is 0.238 e. The van der Waals surface area contributed by atoms with Crippen LogP contribution in [-0.2, 0) is 10.0 Å². The molecule has 0 bridgehead atoms. The fourth-order valence-electron chi connectivity index (χ4n) is 1.76. The topological polar surface area (TPSA) is 72.2 Å². The summed E-state index contributed by atoms with van der Waals surface area (Å²) in [6.07, 6.45) is 3.60. The average molecular weight is 270 g/mol. The lowest BCUT2D eigenvalue weighted by Gasteiger charge is -2.14. The third kappa shape index (κ3) is 4.76. The van der Waals surface area contributed by atoms with Crippen molar-refractivity contribution in [1.29, 1.82) is 0 Å². The maximum absolute atomic E-state index is 11.1. The molecule has 0 radical (unpaired) electrons. The van der Waals surface area contributed by atoms with Crippen molar-refractivity contribution in [3.8, 4) is 0 Å². The minimum Gasteiger partial charge on any atom is -0.310 e. The highest BCUT2D eigenvalue weighted by atomic mass is 32.2. The van der Waals surface area contributed by atoms with Gasteiger partial charge in [0.1, 0.15) is 0 Å². The van der Waals surface area contributed by atoms with Crippen molar-refractivity contribution in [2.24, 2.45) is 5.14 Å². The first kappa shape index (κ1) is 15.1. The molecule has 0 amide bonds. The van der Waals surface area contributed by atoms with Gasteiger partial charge in [-0.15, -0.1) is 0 Å². The summed E-state index contributed by atoms with van der Waals surface area (Å²) in [5.41, 5.74) is 1.07. The Balaban J connectivity index is 2.57. The largest absolute Gasteiger partial charge is 0.310 e. The second kappa shape index (κ2) is 6.87. The maximum atomic E-state index is 11.1. The molecule has 0 saturated heterocycles. The van der Waals surface area contributed by atoms with E-state index in [1.807, 2.05) is 0 Å². The summed E-state index contributed by atoms with van der Waals surface area (Å²) in [5, 5.41) is 8.46. The van der Waals surface area contributed by atoms with E-state index in [0.29, 0.717) is 0 Å². The lowest BCUT2D eigenvalue weighted by Crippen LogP contribution is -2.20. The van der Waals surface area contributed by atoms with Gasteiger partial charge in [-0.25, -0.2) is 13.6 Å². The number of primary sulfonamides is 1. The van der Waals surface area contributed by atoms with E-state index >= 15 is 0 Å². The van der Waals surface area contributed by atoms with Gasteiger partial charge in [-0.05, 0) is 37.6 Å². The summed E-state index contributed by atoms with van der Waals surface area (Å²) in [6, 6.07) is 6.93. The molecule has 3 N–H and O–H groups in total. The van der Waals surface area contributed by atoms with Crippen LogP contribution in [0.1, 0.15) is 44.7 Å². The van der Waals surface area contributed by atoms with Crippen LogP contribution in [0.15, 0.2) is 29.2 Å². The first-order chi connectivity index (χ1) is 8.45. The molecule has 1 aromatic carbocycles. The van der Waals surface area contributed by atoms with Gasteiger partial charge in [0.25, 0.3) is 0 Å². The van der Waals surface area contributed by atoms with Crippen LogP contribution in [-0.4, -0.2) is 15.0 Å². The van der Waals surface area contributed by atoms with E-state index in [9.17, 15) is 8.42 Å². The highest BCUT2D eigenvalue weighted by molar-refractivity contribution is 7.89. The van der Waals surface area contributed by atoms with Crippen molar-refractivity contribution in [3.63, 3.8) is 0 Å². The molecule has 5 heteroatoms. The summed E-state index contributed by atoms with van der Waals surface area (Å²) in [5.74, 6) is 0. The van der Waals surface area contributed by atoms with Crippen molar-refractivity contribution < 1.29 is 8.42 Å². The fraction of sp³-hybridized carbons (Fsp3) is 0.538. The highest BCUT2D eigenvalue weighted by Gasteiger charge is 2.09. The zero-order valence-corrected chi connectivity index (χ0v) is 11.8. The Morgan fingerprint density at radius 1 is 1.22 bits per heavy atom.